The van der Waals surface area contributed by atoms with Gasteiger partial charge in [-0.15, -0.1) is 11.3 Å². The van der Waals surface area contributed by atoms with E-state index in [-0.39, 0.29) is 0 Å². The number of hydrogen-bond donors (Lipinski definition) is 2. The molecule has 1 aromatic rings. The second-order valence-corrected chi connectivity index (χ2v) is 3.71. The third-order valence-corrected chi connectivity index (χ3v) is 2.42. The summed E-state index contributed by atoms with van der Waals surface area (Å²) in [6.45, 7) is 2.79. The lowest BCUT2D eigenvalue weighted by atomic mass is 10.3. The average Bonchev–Trinajstić information content (AvgIpc) is 2.51. The monoisotopic (exact) mass is 198 g/mol. The second-order valence-electron chi connectivity index (χ2n) is 2.64. The largest absolute Gasteiger partial charge is 0.370 e. The zero-order valence-corrected chi connectivity index (χ0v) is 8.69. The van der Waals surface area contributed by atoms with E-state index in [1.54, 1.807) is 18.4 Å². The summed E-state index contributed by atoms with van der Waals surface area (Å²) < 4.78 is 0. The van der Waals surface area contributed by atoms with Gasteiger partial charge in [0, 0.05) is 25.4 Å². The first-order chi connectivity index (χ1) is 6.22. The molecule has 13 heavy (non-hydrogen) atoms. The normalized spacial score (nSPS) is 11.7. The van der Waals surface area contributed by atoms with Gasteiger partial charge in [-0.3, -0.25) is 4.99 Å². The molecule has 1 rings (SSSR count). The third-order valence-electron chi connectivity index (χ3n) is 1.59. The molecule has 0 amide bonds. The van der Waals surface area contributed by atoms with Crippen molar-refractivity contribution in [3.05, 3.63) is 16.1 Å². The van der Waals surface area contributed by atoms with E-state index >= 15 is 0 Å². The van der Waals surface area contributed by atoms with Crippen LogP contribution in [-0.2, 0) is 6.42 Å². The summed E-state index contributed by atoms with van der Waals surface area (Å²) in [5, 5.41) is 6.15. The number of thiazole rings is 1. The van der Waals surface area contributed by atoms with Crippen LogP contribution in [0.3, 0.4) is 0 Å². The molecule has 1 heterocycles. The standard InChI is InChI=1S/C8H14N4S/c1-6-12-7(5-13-6)3-4-11-8(9)10-2/h5H,3-4H2,1-2H3,(H3,9,10,11). The lowest BCUT2D eigenvalue weighted by Crippen LogP contribution is -2.32. The molecule has 0 fully saturated rings. The molecule has 0 spiro atoms. The molecule has 4 nitrogen and oxygen atoms in total. The van der Waals surface area contributed by atoms with Crippen LogP contribution < -0.4 is 11.1 Å². The Morgan fingerprint density at radius 2 is 2.54 bits per heavy atom. The molecule has 0 aliphatic carbocycles. The maximum absolute atomic E-state index is 5.46. The lowest BCUT2D eigenvalue weighted by Gasteiger charge is -2.01. The molecule has 3 N–H and O–H groups in total. The Labute approximate surface area is 81.9 Å². The van der Waals surface area contributed by atoms with Crippen molar-refractivity contribution in [2.45, 2.75) is 13.3 Å². The van der Waals surface area contributed by atoms with Gasteiger partial charge in [0.25, 0.3) is 0 Å². The summed E-state index contributed by atoms with van der Waals surface area (Å²) in [4.78, 5) is 8.12. The summed E-state index contributed by atoms with van der Waals surface area (Å²) in [5.74, 6) is 0.479. The van der Waals surface area contributed by atoms with Gasteiger partial charge in [-0.05, 0) is 6.92 Å². The van der Waals surface area contributed by atoms with E-state index < -0.39 is 0 Å². The number of nitrogens with one attached hydrogen (secondary N) is 1. The van der Waals surface area contributed by atoms with Gasteiger partial charge in [0.2, 0.25) is 0 Å². The number of rotatable bonds is 3. The van der Waals surface area contributed by atoms with Gasteiger partial charge in [-0.2, -0.15) is 0 Å². The lowest BCUT2D eigenvalue weighted by molar-refractivity contribution is 0.837. The zero-order valence-electron chi connectivity index (χ0n) is 7.87. The van der Waals surface area contributed by atoms with Gasteiger partial charge in [-0.1, -0.05) is 0 Å². The van der Waals surface area contributed by atoms with Crippen LogP contribution in [0.4, 0.5) is 0 Å². The van der Waals surface area contributed by atoms with E-state index in [2.05, 4.69) is 20.7 Å². The third kappa shape index (κ3) is 3.42. The minimum Gasteiger partial charge on any atom is -0.370 e. The number of aryl methyl sites for hydroxylation is 1. The minimum absolute atomic E-state index is 0.479. The molecule has 0 aromatic carbocycles. The van der Waals surface area contributed by atoms with Gasteiger partial charge in [0.05, 0.1) is 10.7 Å². The van der Waals surface area contributed by atoms with Crippen LogP contribution in [0.1, 0.15) is 10.7 Å². The first-order valence-corrected chi connectivity index (χ1v) is 4.97. The maximum atomic E-state index is 5.46. The number of aromatic nitrogens is 1. The zero-order chi connectivity index (χ0) is 9.68. The Hall–Kier alpha value is -1.10. The van der Waals surface area contributed by atoms with Crippen molar-refractivity contribution in [3.63, 3.8) is 0 Å². The van der Waals surface area contributed by atoms with Crippen molar-refractivity contribution in [3.8, 4) is 0 Å². The minimum atomic E-state index is 0.479. The number of aliphatic imine (C=N–C) groups is 1. The summed E-state index contributed by atoms with van der Waals surface area (Å²) in [5.41, 5.74) is 6.57. The fraction of sp³-hybridized carbons (Fsp3) is 0.500. The number of nitrogens with two attached hydrogens (primary N) is 1. The summed E-state index contributed by atoms with van der Waals surface area (Å²) in [6, 6.07) is 0. The van der Waals surface area contributed by atoms with Crippen LogP contribution in [0.15, 0.2) is 10.4 Å². The Kier molecular flexibility index (Phi) is 3.70. The van der Waals surface area contributed by atoms with Gasteiger partial charge in [0.1, 0.15) is 0 Å². The molecular formula is C8H14N4S. The predicted octanol–water partition coefficient (Wildman–Crippen LogP) is 0.528. The highest BCUT2D eigenvalue weighted by molar-refractivity contribution is 7.09. The first-order valence-electron chi connectivity index (χ1n) is 4.09. The van der Waals surface area contributed by atoms with Gasteiger partial charge in [-0.25, -0.2) is 4.98 Å². The fourth-order valence-electron chi connectivity index (χ4n) is 0.921. The van der Waals surface area contributed by atoms with E-state index in [0.717, 1.165) is 23.7 Å². The molecule has 0 bridgehead atoms. The van der Waals surface area contributed by atoms with Crippen molar-refractivity contribution in [2.75, 3.05) is 13.6 Å². The molecular weight excluding hydrogens is 184 g/mol. The average molecular weight is 198 g/mol. The Morgan fingerprint density at radius 3 is 3.08 bits per heavy atom. The number of hydrogen-bond acceptors (Lipinski definition) is 3. The molecule has 0 aliphatic rings. The summed E-state index contributed by atoms with van der Waals surface area (Å²) in [7, 11) is 1.66. The second kappa shape index (κ2) is 4.81. The van der Waals surface area contributed by atoms with E-state index in [1.165, 1.54) is 0 Å². The number of nitrogens with zero attached hydrogens (tertiary/aromatic N) is 2. The van der Waals surface area contributed by atoms with Crippen LogP contribution in [0.25, 0.3) is 0 Å². The molecule has 0 radical (unpaired) electrons. The van der Waals surface area contributed by atoms with Crippen molar-refractivity contribution in [2.24, 2.45) is 10.7 Å². The van der Waals surface area contributed by atoms with Crippen LogP contribution in [0.2, 0.25) is 0 Å². The van der Waals surface area contributed by atoms with E-state index in [0.29, 0.717) is 5.96 Å². The molecule has 72 valence electrons. The van der Waals surface area contributed by atoms with Gasteiger partial charge in [0.15, 0.2) is 5.96 Å². The van der Waals surface area contributed by atoms with Gasteiger partial charge >= 0.3 is 0 Å². The Bertz CT molecular complexity index is 292. The molecule has 1 aromatic heterocycles. The Morgan fingerprint density at radius 1 is 1.77 bits per heavy atom. The highest BCUT2D eigenvalue weighted by Crippen LogP contribution is 2.07. The summed E-state index contributed by atoms with van der Waals surface area (Å²) >= 11 is 1.67. The molecule has 0 unspecified atom stereocenters. The smallest absolute Gasteiger partial charge is 0.188 e. The van der Waals surface area contributed by atoms with E-state index in [1.807, 2.05) is 6.92 Å². The quantitative estimate of drug-likeness (QED) is 0.550. The maximum Gasteiger partial charge on any atom is 0.188 e. The molecule has 0 atom stereocenters. The van der Waals surface area contributed by atoms with E-state index in [9.17, 15) is 0 Å². The van der Waals surface area contributed by atoms with Crippen molar-refractivity contribution < 1.29 is 0 Å². The molecule has 5 heteroatoms. The van der Waals surface area contributed by atoms with Crippen LogP contribution >= 0.6 is 11.3 Å². The highest BCUT2D eigenvalue weighted by Gasteiger charge is 1.97. The topological polar surface area (TPSA) is 63.3 Å². The molecule has 0 saturated heterocycles. The summed E-state index contributed by atoms with van der Waals surface area (Å²) in [6.07, 6.45) is 0.889. The van der Waals surface area contributed by atoms with Crippen molar-refractivity contribution >= 4 is 17.3 Å². The predicted molar refractivity (Wildman–Crippen MR) is 56.1 cm³/mol. The highest BCUT2D eigenvalue weighted by atomic mass is 32.1. The number of guanidine groups is 1. The van der Waals surface area contributed by atoms with Crippen LogP contribution in [0, 0.1) is 6.92 Å². The SMILES string of the molecule is CN=C(N)NCCc1csc(C)n1. The first kappa shape index (κ1) is 9.98. The Balaban J connectivity index is 2.28. The van der Waals surface area contributed by atoms with Crippen molar-refractivity contribution in [1.29, 1.82) is 0 Å². The van der Waals surface area contributed by atoms with E-state index in [4.69, 9.17) is 5.73 Å². The fourth-order valence-corrected chi connectivity index (χ4v) is 1.57. The van der Waals surface area contributed by atoms with Gasteiger partial charge < -0.3 is 11.1 Å². The molecule has 0 saturated carbocycles. The van der Waals surface area contributed by atoms with Crippen molar-refractivity contribution in [1.82, 2.24) is 10.3 Å². The van der Waals surface area contributed by atoms with Crippen LogP contribution in [0.5, 0.6) is 0 Å². The molecule has 0 aliphatic heterocycles. The van der Waals surface area contributed by atoms with Crippen LogP contribution in [-0.4, -0.2) is 24.5 Å².